The van der Waals surface area contributed by atoms with E-state index in [-0.39, 0.29) is 10.8 Å². The summed E-state index contributed by atoms with van der Waals surface area (Å²) in [5, 5.41) is 0.581. The van der Waals surface area contributed by atoms with Gasteiger partial charge in [-0.1, -0.05) is 6.07 Å². The number of aromatic nitrogens is 1. The molecule has 0 atom stereocenters. The van der Waals surface area contributed by atoms with Crippen LogP contribution in [0.3, 0.4) is 0 Å². The largest absolute Gasteiger partial charge is 0.361 e. The summed E-state index contributed by atoms with van der Waals surface area (Å²) in [6.45, 7) is 3.28. The third kappa shape index (κ3) is 3.17. The summed E-state index contributed by atoms with van der Waals surface area (Å²) in [6, 6.07) is 13.8. The minimum absolute atomic E-state index is 0.195. The van der Waals surface area contributed by atoms with Crippen LogP contribution in [0.1, 0.15) is 24.2 Å². The molecule has 130 valence electrons. The van der Waals surface area contributed by atoms with E-state index < -0.39 is 15.1 Å². The number of amides is 1. The summed E-state index contributed by atoms with van der Waals surface area (Å²) in [5.41, 5.74) is 2.16. The van der Waals surface area contributed by atoms with E-state index in [1.54, 1.807) is 37.9 Å². The number of fused-ring (bicyclic) bond motifs is 1. The molecular weight excluding hydrogens is 336 g/mol. The predicted molar refractivity (Wildman–Crippen MR) is 99.8 cm³/mol. The zero-order valence-corrected chi connectivity index (χ0v) is 15.2. The van der Waals surface area contributed by atoms with E-state index in [1.165, 1.54) is 12.1 Å². The molecule has 0 radical (unpaired) electrons. The van der Waals surface area contributed by atoms with Crippen molar-refractivity contribution >= 4 is 32.3 Å². The number of hydrogen-bond acceptors (Lipinski definition) is 3. The van der Waals surface area contributed by atoms with E-state index in [0.717, 1.165) is 16.6 Å². The topological polar surface area (TPSA) is 70.2 Å². The minimum Gasteiger partial charge on any atom is -0.361 e. The monoisotopic (exact) mass is 356 g/mol. The van der Waals surface area contributed by atoms with Crippen molar-refractivity contribution in [2.45, 2.75) is 24.0 Å². The molecule has 1 aromatic heterocycles. The molecule has 0 saturated carbocycles. The lowest BCUT2D eigenvalue weighted by Crippen LogP contribution is -2.26. The van der Waals surface area contributed by atoms with E-state index in [2.05, 4.69) is 4.98 Å². The number of H-pyrrole nitrogens is 1. The molecule has 6 heteroatoms. The summed E-state index contributed by atoms with van der Waals surface area (Å²) >= 11 is 0. The predicted octanol–water partition coefficient (Wildman–Crippen LogP) is 3.63. The molecule has 3 aromatic rings. The first kappa shape index (κ1) is 17.2. The van der Waals surface area contributed by atoms with Crippen molar-refractivity contribution in [3.63, 3.8) is 0 Å². The summed E-state index contributed by atoms with van der Waals surface area (Å²) in [5.74, 6) is -0.195. The first-order valence-corrected chi connectivity index (χ1v) is 9.54. The van der Waals surface area contributed by atoms with Crippen LogP contribution in [-0.2, 0) is 9.84 Å². The van der Waals surface area contributed by atoms with Crippen molar-refractivity contribution in [1.82, 2.24) is 4.98 Å². The van der Waals surface area contributed by atoms with Gasteiger partial charge < -0.3 is 9.88 Å². The molecule has 0 aliphatic rings. The van der Waals surface area contributed by atoms with Gasteiger partial charge in [0.15, 0.2) is 9.84 Å². The molecule has 0 spiro atoms. The van der Waals surface area contributed by atoms with Crippen molar-refractivity contribution in [1.29, 1.82) is 0 Å². The molecule has 0 bridgehead atoms. The maximum atomic E-state index is 12.7. The molecule has 1 N–H and O–H groups in total. The molecule has 1 amide bonds. The Balaban J connectivity index is 1.87. The van der Waals surface area contributed by atoms with Crippen molar-refractivity contribution in [3.05, 3.63) is 60.3 Å². The summed E-state index contributed by atoms with van der Waals surface area (Å²) in [4.78, 5) is 17.6. The minimum atomic E-state index is -3.34. The fraction of sp³-hybridized carbons (Fsp3) is 0.211. The Kier molecular flexibility index (Phi) is 4.39. The highest BCUT2D eigenvalue weighted by Crippen LogP contribution is 2.23. The number of carbonyl (C=O) groups excluding carboxylic acids is 1. The second kappa shape index (κ2) is 6.37. The Hall–Kier alpha value is -2.60. The number of carbonyl (C=O) groups is 1. The number of nitrogens with zero attached hydrogens (tertiary/aromatic N) is 1. The Morgan fingerprint density at radius 1 is 1.04 bits per heavy atom. The lowest BCUT2D eigenvalue weighted by atomic mass is 10.1. The summed E-state index contributed by atoms with van der Waals surface area (Å²) in [7, 11) is -1.64. The molecule has 0 aliphatic carbocycles. The van der Waals surface area contributed by atoms with Crippen LogP contribution < -0.4 is 4.90 Å². The summed E-state index contributed by atoms with van der Waals surface area (Å²) in [6.07, 6.45) is 1.85. The van der Waals surface area contributed by atoms with Crippen LogP contribution in [0.2, 0.25) is 0 Å². The van der Waals surface area contributed by atoms with Gasteiger partial charge in [0.25, 0.3) is 5.91 Å². The van der Waals surface area contributed by atoms with E-state index in [4.69, 9.17) is 0 Å². The van der Waals surface area contributed by atoms with E-state index in [9.17, 15) is 13.2 Å². The van der Waals surface area contributed by atoms with Crippen molar-refractivity contribution in [3.8, 4) is 0 Å². The zero-order chi connectivity index (χ0) is 18.2. The number of sulfone groups is 1. The Labute approximate surface area is 147 Å². The molecule has 1 heterocycles. The zero-order valence-electron chi connectivity index (χ0n) is 14.4. The molecule has 0 unspecified atom stereocenters. The van der Waals surface area contributed by atoms with Crippen LogP contribution in [0, 0.1) is 0 Å². The van der Waals surface area contributed by atoms with Crippen LogP contribution in [0.25, 0.3) is 10.9 Å². The van der Waals surface area contributed by atoms with Crippen LogP contribution >= 0.6 is 0 Å². The quantitative estimate of drug-likeness (QED) is 0.776. The molecule has 5 nitrogen and oxygen atoms in total. The average Bonchev–Trinajstić information content (AvgIpc) is 3.08. The van der Waals surface area contributed by atoms with Gasteiger partial charge in [-0.25, -0.2) is 8.42 Å². The SMILES string of the molecule is CC(C)S(=O)(=O)c1ccc(C(=O)N(C)c2ccc3cc[nH]c3c2)cc1. The van der Waals surface area contributed by atoms with Gasteiger partial charge in [0.05, 0.1) is 10.1 Å². The highest BCUT2D eigenvalue weighted by Gasteiger charge is 2.20. The standard InChI is InChI=1S/C19H20N2O3S/c1-13(2)25(23,24)17-8-5-15(6-9-17)19(22)21(3)16-7-4-14-10-11-20-18(14)12-16/h4-13,20H,1-3H3. The van der Waals surface area contributed by atoms with Crippen LogP contribution in [0.15, 0.2) is 59.6 Å². The van der Waals surface area contributed by atoms with Gasteiger partial charge in [-0.15, -0.1) is 0 Å². The maximum Gasteiger partial charge on any atom is 0.258 e. The average molecular weight is 356 g/mol. The van der Waals surface area contributed by atoms with E-state index in [1.807, 2.05) is 30.5 Å². The van der Waals surface area contributed by atoms with Gasteiger partial charge in [-0.3, -0.25) is 4.79 Å². The molecule has 2 aromatic carbocycles. The van der Waals surface area contributed by atoms with Crippen LogP contribution in [0.4, 0.5) is 5.69 Å². The molecule has 25 heavy (non-hydrogen) atoms. The third-order valence-electron chi connectivity index (χ3n) is 4.28. The number of rotatable bonds is 4. The number of anilines is 1. The van der Waals surface area contributed by atoms with Crippen LogP contribution in [-0.4, -0.2) is 31.6 Å². The smallest absolute Gasteiger partial charge is 0.258 e. The summed E-state index contributed by atoms with van der Waals surface area (Å²) < 4.78 is 24.3. The van der Waals surface area contributed by atoms with Crippen molar-refractivity contribution < 1.29 is 13.2 Å². The lowest BCUT2D eigenvalue weighted by molar-refractivity contribution is 0.0993. The second-order valence-electron chi connectivity index (χ2n) is 6.23. The first-order chi connectivity index (χ1) is 11.8. The number of aromatic amines is 1. The highest BCUT2D eigenvalue weighted by molar-refractivity contribution is 7.92. The molecular formula is C19H20N2O3S. The van der Waals surface area contributed by atoms with E-state index >= 15 is 0 Å². The molecule has 0 aliphatic heterocycles. The third-order valence-corrected chi connectivity index (χ3v) is 6.45. The van der Waals surface area contributed by atoms with Gasteiger partial charge in [-0.2, -0.15) is 0 Å². The molecule has 0 fully saturated rings. The van der Waals surface area contributed by atoms with Crippen molar-refractivity contribution in [2.75, 3.05) is 11.9 Å². The number of hydrogen-bond donors (Lipinski definition) is 1. The Morgan fingerprint density at radius 2 is 1.72 bits per heavy atom. The molecule has 3 rings (SSSR count). The van der Waals surface area contributed by atoms with E-state index in [0.29, 0.717) is 5.56 Å². The van der Waals surface area contributed by atoms with Gasteiger partial charge in [0.1, 0.15) is 0 Å². The van der Waals surface area contributed by atoms with Gasteiger partial charge in [0.2, 0.25) is 0 Å². The molecule has 0 saturated heterocycles. The Morgan fingerprint density at radius 3 is 2.36 bits per heavy atom. The fourth-order valence-electron chi connectivity index (χ4n) is 2.61. The lowest BCUT2D eigenvalue weighted by Gasteiger charge is -2.18. The van der Waals surface area contributed by atoms with Crippen LogP contribution in [0.5, 0.6) is 0 Å². The Bertz CT molecular complexity index is 1020. The highest BCUT2D eigenvalue weighted by atomic mass is 32.2. The van der Waals surface area contributed by atoms with Crippen molar-refractivity contribution in [2.24, 2.45) is 0 Å². The van der Waals surface area contributed by atoms with Gasteiger partial charge in [-0.05, 0) is 61.7 Å². The number of nitrogens with one attached hydrogen (secondary N) is 1. The normalized spacial score (nSPS) is 11.8. The second-order valence-corrected chi connectivity index (χ2v) is 8.74. The van der Waals surface area contributed by atoms with Gasteiger partial charge in [0, 0.05) is 30.0 Å². The fourth-order valence-corrected chi connectivity index (χ4v) is 3.67. The van der Waals surface area contributed by atoms with Gasteiger partial charge >= 0.3 is 0 Å². The maximum absolute atomic E-state index is 12.7. The first-order valence-electron chi connectivity index (χ1n) is 8.00. The number of benzene rings is 2.